The van der Waals surface area contributed by atoms with Crippen molar-refractivity contribution < 1.29 is 14.3 Å². The van der Waals surface area contributed by atoms with Gasteiger partial charge in [-0.3, -0.25) is 4.40 Å². The van der Waals surface area contributed by atoms with Crippen molar-refractivity contribution in [1.82, 2.24) is 19.9 Å². The van der Waals surface area contributed by atoms with Gasteiger partial charge in [0.05, 0.1) is 13.2 Å². The Morgan fingerprint density at radius 1 is 1.18 bits per heavy atom. The zero-order chi connectivity index (χ0) is 20.1. The van der Waals surface area contributed by atoms with E-state index in [4.69, 9.17) is 17.3 Å². The van der Waals surface area contributed by atoms with Crippen LogP contribution in [-0.2, 0) is 16.1 Å². The van der Waals surface area contributed by atoms with E-state index >= 15 is 0 Å². The van der Waals surface area contributed by atoms with E-state index in [1.54, 1.807) is 43.5 Å². The molecule has 3 rings (SSSR count). The van der Waals surface area contributed by atoms with E-state index in [2.05, 4.69) is 15.5 Å². The number of benzene rings is 1. The number of hydrogen-bond acceptors (Lipinski definition) is 5. The molecule has 1 N–H and O–H groups in total. The number of ether oxygens (including phenoxy) is 2. The molecule has 1 aromatic carbocycles. The molecule has 0 saturated carbocycles. The van der Waals surface area contributed by atoms with Gasteiger partial charge < -0.3 is 14.8 Å². The van der Waals surface area contributed by atoms with Crippen molar-refractivity contribution >= 4 is 25.0 Å². The lowest BCUT2D eigenvalue weighted by atomic mass is 9.99. The number of carbonyl (C=O) groups is 1. The smallest absolute Gasteiger partial charge is 0.408 e. The van der Waals surface area contributed by atoms with Crippen LogP contribution in [0.5, 0.6) is 0 Å². The first-order chi connectivity index (χ1) is 13.3. The Labute approximate surface area is 165 Å². The molecule has 0 spiro atoms. The summed E-state index contributed by atoms with van der Waals surface area (Å²) in [6, 6.07) is 12.7. The van der Waals surface area contributed by atoms with Crippen LogP contribution >= 0.6 is 0 Å². The molecule has 144 valence electrons. The van der Waals surface area contributed by atoms with Crippen LogP contribution in [0.15, 0.2) is 48.7 Å². The second-order valence-electron chi connectivity index (χ2n) is 7.45. The number of amides is 1. The zero-order valence-corrected chi connectivity index (χ0v) is 16.3. The van der Waals surface area contributed by atoms with Gasteiger partial charge in [0.2, 0.25) is 0 Å². The van der Waals surface area contributed by atoms with Gasteiger partial charge >= 0.3 is 6.09 Å². The van der Waals surface area contributed by atoms with Crippen molar-refractivity contribution in [2.24, 2.45) is 0 Å². The Balaban J connectivity index is 1.78. The van der Waals surface area contributed by atoms with Crippen LogP contribution in [0.25, 0.3) is 5.65 Å². The van der Waals surface area contributed by atoms with Gasteiger partial charge in [-0.2, -0.15) is 0 Å². The minimum atomic E-state index is -0.614. The third kappa shape index (κ3) is 5.33. The Morgan fingerprint density at radius 2 is 1.93 bits per heavy atom. The molecule has 1 atom stereocenters. The van der Waals surface area contributed by atoms with Crippen LogP contribution < -0.4 is 10.8 Å². The molecule has 0 aliphatic rings. The maximum Gasteiger partial charge on any atom is 0.408 e. The Kier molecular flexibility index (Phi) is 5.99. The van der Waals surface area contributed by atoms with Crippen LogP contribution in [0.1, 0.15) is 38.2 Å². The van der Waals surface area contributed by atoms with Crippen LogP contribution in [-0.4, -0.2) is 40.7 Å². The number of pyridine rings is 1. The SMILES string of the molecule is [B]c1ccc2nnc([C@@H](COCc3ccccc3)NC(=O)OC(C)(C)C)n2c1. The Morgan fingerprint density at radius 3 is 2.64 bits per heavy atom. The number of alkyl carbamates (subject to hydrolysis) is 1. The van der Waals surface area contributed by atoms with Crippen molar-refractivity contribution in [2.75, 3.05) is 6.61 Å². The molecule has 0 aliphatic heterocycles. The molecule has 2 aromatic heterocycles. The van der Waals surface area contributed by atoms with Gasteiger partial charge in [-0.15, -0.1) is 10.2 Å². The highest BCUT2D eigenvalue weighted by Crippen LogP contribution is 2.15. The quantitative estimate of drug-likeness (QED) is 0.666. The highest BCUT2D eigenvalue weighted by molar-refractivity contribution is 6.32. The summed E-state index contributed by atoms with van der Waals surface area (Å²) in [5, 5.41) is 11.2. The molecule has 28 heavy (non-hydrogen) atoms. The first-order valence-electron chi connectivity index (χ1n) is 9.03. The van der Waals surface area contributed by atoms with Gasteiger partial charge in [0, 0.05) is 6.20 Å². The topological polar surface area (TPSA) is 77.8 Å². The summed E-state index contributed by atoms with van der Waals surface area (Å²) in [6.45, 7) is 6.03. The van der Waals surface area contributed by atoms with Crippen LogP contribution in [0.4, 0.5) is 4.79 Å². The number of fused-ring (bicyclic) bond motifs is 1. The molecular weight excluding hydrogens is 355 g/mol. The maximum atomic E-state index is 12.3. The fraction of sp³-hybridized carbons (Fsp3) is 0.350. The summed E-state index contributed by atoms with van der Waals surface area (Å²) in [6.07, 6.45) is 1.16. The molecule has 0 unspecified atom stereocenters. The standard InChI is InChI=1S/C20H23BN4O3/c1-20(2,3)28-19(26)22-16(13-27-12-14-7-5-4-6-8-14)18-24-23-17-10-9-15(21)11-25(17)18/h4-11,16H,12-13H2,1-3H3,(H,22,26)/t16-/m1/s1. The third-order valence-electron chi connectivity index (χ3n) is 3.85. The van der Waals surface area contributed by atoms with E-state index < -0.39 is 17.7 Å². The fourth-order valence-corrected chi connectivity index (χ4v) is 2.66. The normalized spacial score (nSPS) is 12.7. The van der Waals surface area contributed by atoms with Gasteiger partial charge in [0.15, 0.2) is 11.5 Å². The molecule has 2 heterocycles. The number of hydrogen-bond donors (Lipinski definition) is 1. The van der Waals surface area contributed by atoms with Gasteiger partial charge in [0.1, 0.15) is 19.5 Å². The van der Waals surface area contributed by atoms with Crippen LogP contribution in [0, 0.1) is 0 Å². The van der Waals surface area contributed by atoms with E-state index in [1.165, 1.54) is 0 Å². The highest BCUT2D eigenvalue weighted by Gasteiger charge is 2.24. The molecule has 7 nitrogen and oxygen atoms in total. The fourth-order valence-electron chi connectivity index (χ4n) is 2.66. The first-order valence-corrected chi connectivity index (χ1v) is 9.03. The van der Waals surface area contributed by atoms with E-state index in [0.29, 0.717) is 23.5 Å². The first kappa shape index (κ1) is 19.9. The summed E-state index contributed by atoms with van der Waals surface area (Å²) in [4.78, 5) is 12.3. The second-order valence-corrected chi connectivity index (χ2v) is 7.45. The van der Waals surface area contributed by atoms with Crippen LogP contribution in [0.2, 0.25) is 0 Å². The largest absolute Gasteiger partial charge is 0.444 e. The summed E-state index contributed by atoms with van der Waals surface area (Å²) in [7, 11) is 5.89. The van der Waals surface area contributed by atoms with E-state index in [9.17, 15) is 4.79 Å². The van der Waals surface area contributed by atoms with Gasteiger partial charge in [-0.05, 0) is 32.4 Å². The minimum absolute atomic E-state index is 0.198. The van der Waals surface area contributed by atoms with Crippen molar-refractivity contribution in [1.29, 1.82) is 0 Å². The highest BCUT2D eigenvalue weighted by atomic mass is 16.6. The number of aromatic nitrogens is 3. The number of rotatable bonds is 6. The molecule has 2 radical (unpaired) electrons. The summed E-state index contributed by atoms with van der Waals surface area (Å²) in [5.74, 6) is 0.515. The predicted octanol–water partition coefficient (Wildman–Crippen LogP) is 2.31. The summed E-state index contributed by atoms with van der Waals surface area (Å²) < 4.78 is 13.0. The number of nitrogens with zero attached hydrogens (tertiary/aromatic N) is 3. The lowest BCUT2D eigenvalue weighted by molar-refractivity contribution is 0.0420. The van der Waals surface area contributed by atoms with Gasteiger partial charge in [0.25, 0.3) is 0 Å². The zero-order valence-electron chi connectivity index (χ0n) is 16.3. The monoisotopic (exact) mass is 378 g/mol. The second kappa shape index (κ2) is 8.43. The maximum absolute atomic E-state index is 12.3. The molecule has 1 amide bonds. The molecular formula is C20H23BN4O3. The molecule has 0 saturated heterocycles. The number of carbonyl (C=O) groups excluding carboxylic acids is 1. The molecule has 0 aliphatic carbocycles. The minimum Gasteiger partial charge on any atom is -0.444 e. The lowest BCUT2D eigenvalue weighted by Gasteiger charge is -2.23. The summed E-state index contributed by atoms with van der Waals surface area (Å²) >= 11 is 0. The molecule has 0 fully saturated rings. The van der Waals surface area contributed by atoms with E-state index in [-0.39, 0.29) is 6.61 Å². The van der Waals surface area contributed by atoms with Crippen molar-refractivity contribution in [3.8, 4) is 0 Å². The average Bonchev–Trinajstić information content (AvgIpc) is 3.03. The molecule has 8 heteroatoms. The van der Waals surface area contributed by atoms with E-state index in [1.807, 2.05) is 30.3 Å². The predicted molar refractivity (Wildman–Crippen MR) is 107 cm³/mol. The lowest BCUT2D eigenvalue weighted by Crippen LogP contribution is -2.37. The van der Waals surface area contributed by atoms with Crippen molar-refractivity contribution in [2.45, 2.75) is 39.0 Å². The molecule has 0 bridgehead atoms. The van der Waals surface area contributed by atoms with Crippen LogP contribution in [0.3, 0.4) is 0 Å². The third-order valence-corrected chi connectivity index (χ3v) is 3.85. The average molecular weight is 378 g/mol. The summed E-state index contributed by atoms with van der Waals surface area (Å²) in [5.41, 5.74) is 1.61. The van der Waals surface area contributed by atoms with Gasteiger partial charge in [-0.1, -0.05) is 41.9 Å². The van der Waals surface area contributed by atoms with Crippen molar-refractivity contribution in [3.05, 3.63) is 60.0 Å². The Hall–Kier alpha value is -2.87. The Bertz CT molecular complexity index is 938. The number of nitrogens with one attached hydrogen (secondary N) is 1. The van der Waals surface area contributed by atoms with E-state index in [0.717, 1.165) is 5.56 Å². The molecule has 3 aromatic rings. The van der Waals surface area contributed by atoms with Gasteiger partial charge in [-0.25, -0.2) is 4.79 Å². The van der Waals surface area contributed by atoms with Crippen molar-refractivity contribution in [3.63, 3.8) is 0 Å².